The van der Waals surface area contributed by atoms with E-state index in [9.17, 15) is 4.79 Å². The van der Waals surface area contributed by atoms with E-state index in [-0.39, 0.29) is 5.71 Å². The van der Waals surface area contributed by atoms with Crippen molar-refractivity contribution in [3.05, 3.63) is 12.3 Å². The van der Waals surface area contributed by atoms with E-state index in [1.807, 2.05) is 0 Å². The molecular formula is C10H20N2O2Si. The van der Waals surface area contributed by atoms with E-state index < -0.39 is 8.07 Å². The van der Waals surface area contributed by atoms with Crippen molar-refractivity contribution in [1.29, 1.82) is 5.41 Å². The first-order valence-electron chi connectivity index (χ1n) is 4.97. The van der Waals surface area contributed by atoms with E-state index in [1.54, 1.807) is 6.20 Å². The number of hydrogen-bond acceptors (Lipinski definition) is 4. The van der Waals surface area contributed by atoms with Crippen molar-refractivity contribution in [2.45, 2.75) is 25.7 Å². The predicted molar refractivity (Wildman–Crippen MR) is 65.0 cm³/mol. The van der Waals surface area contributed by atoms with E-state index in [1.165, 1.54) is 6.08 Å². The molecule has 0 aromatic heterocycles. The standard InChI is InChI=1S/C10H20N2O2Si/c1-15(2,3)7-6-14-9-12-5-4-10(11)8-13/h4-5,8,11-12H,6-7,9H2,1-3H3/b5-4-,11-10?. The summed E-state index contributed by atoms with van der Waals surface area (Å²) in [6.45, 7) is 8.09. The highest BCUT2D eigenvalue weighted by atomic mass is 28.3. The SMILES string of the molecule is C[Si](C)(C)CCOCN/C=C\C(=N)C=O. The fraction of sp³-hybridized carbons (Fsp3) is 0.600. The van der Waals surface area contributed by atoms with Crippen LogP contribution in [-0.2, 0) is 9.53 Å². The van der Waals surface area contributed by atoms with E-state index in [4.69, 9.17) is 10.1 Å². The van der Waals surface area contributed by atoms with Crippen LogP contribution in [0.3, 0.4) is 0 Å². The molecule has 0 heterocycles. The number of carbonyl (C=O) groups is 1. The maximum absolute atomic E-state index is 10.1. The fourth-order valence-electron chi connectivity index (χ4n) is 0.746. The smallest absolute Gasteiger partial charge is 0.167 e. The van der Waals surface area contributed by atoms with Crippen LogP contribution in [0.1, 0.15) is 0 Å². The summed E-state index contributed by atoms with van der Waals surface area (Å²) >= 11 is 0. The molecule has 0 saturated carbocycles. The van der Waals surface area contributed by atoms with Crippen LogP contribution >= 0.6 is 0 Å². The number of carbonyl (C=O) groups excluding carboxylic acids is 1. The second-order valence-corrected chi connectivity index (χ2v) is 10.1. The zero-order valence-electron chi connectivity index (χ0n) is 9.67. The van der Waals surface area contributed by atoms with E-state index in [0.29, 0.717) is 13.0 Å². The molecule has 0 bridgehead atoms. The summed E-state index contributed by atoms with van der Waals surface area (Å²) < 4.78 is 5.34. The summed E-state index contributed by atoms with van der Waals surface area (Å²) in [5.74, 6) is 0. The zero-order valence-corrected chi connectivity index (χ0v) is 10.7. The summed E-state index contributed by atoms with van der Waals surface area (Å²) in [6.07, 6.45) is 3.43. The number of nitrogens with one attached hydrogen (secondary N) is 2. The highest BCUT2D eigenvalue weighted by molar-refractivity contribution is 6.76. The molecule has 0 amide bonds. The molecular weight excluding hydrogens is 208 g/mol. The molecule has 15 heavy (non-hydrogen) atoms. The Morgan fingerprint density at radius 2 is 2.13 bits per heavy atom. The molecule has 0 aromatic carbocycles. The molecule has 4 nitrogen and oxygen atoms in total. The minimum absolute atomic E-state index is 0.0513. The highest BCUT2D eigenvalue weighted by Crippen LogP contribution is 2.06. The van der Waals surface area contributed by atoms with Gasteiger partial charge < -0.3 is 10.1 Å². The second kappa shape index (κ2) is 7.36. The Bertz CT molecular complexity index is 234. The van der Waals surface area contributed by atoms with Gasteiger partial charge in [-0.2, -0.15) is 0 Å². The number of aldehydes is 1. The second-order valence-electron chi connectivity index (χ2n) is 4.47. The third-order valence-electron chi connectivity index (χ3n) is 1.69. The summed E-state index contributed by atoms with van der Waals surface area (Å²) in [7, 11) is -1.00. The first-order chi connectivity index (χ1) is 6.95. The van der Waals surface area contributed by atoms with Crippen molar-refractivity contribution >= 4 is 20.1 Å². The summed E-state index contributed by atoms with van der Waals surface area (Å²) in [6, 6.07) is 1.14. The Balaban J connectivity index is 3.36. The van der Waals surface area contributed by atoms with Crippen LogP contribution in [0.2, 0.25) is 25.7 Å². The summed E-state index contributed by atoms with van der Waals surface area (Å²) in [5, 5.41) is 9.86. The normalized spacial score (nSPS) is 11.7. The molecule has 0 fully saturated rings. The van der Waals surface area contributed by atoms with Crippen molar-refractivity contribution in [2.75, 3.05) is 13.3 Å². The van der Waals surface area contributed by atoms with Gasteiger partial charge in [-0.25, -0.2) is 0 Å². The number of ether oxygens (including phenoxy) is 1. The molecule has 0 aromatic rings. The van der Waals surface area contributed by atoms with Gasteiger partial charge in [0.05, 0.1) is 5.71 Å². The molecule has 0 unspecified atom stereocenters. The van der Waals surface area contributed by atoms with Gasteiger partial charge in [-0.3, -0.25) is 10.2 Å². The van der Waals surface area contributed by atoms with Gasteiger partial charge >= 0.3 is 0 Å². The highest BCUT2D eigenvalue weighted by Gasteiger charge is 2.11. The summed E-state index contributed by atoms with van der Waals surface area (Å²) in [5.41, 5.74) is -0.0513. The lowest BCUT2D eigenvalue weighted by Crippen LogP contribution is -2.23. The Labute approximate surface area is 92.2 Å². The predicted octanol–water partition coefficient (Wildman–Crippen LogP) is 1.62. The molecule has 0 radical (unpaired) electrons. The van der Waals surface area contributed by atoms with E-state index >= 15 is 0 Å². The molecule has 5 heteroatoms. The Morgan fingerprint density at radius 3 is 2.67 bits per heavy atom. The third kappa shape index (κ3) is 11.0. The lowest BCUT2D eigenvalue weighted by Gasteiger charge is -2.15. The van der Waals surface area contributed by atoms with Crippen LogP contribution in [-0.4, -0.2) is 33.4 Å². The van der Waals surface area contributed by atoms with Crippen LogP contribution in [0, 0.1) is 5.41 Å². The minimum Gasteiger partial charge on any atom is -0.369 e. The van der Waals surface area contributed by atoms with E-state index in [2.05, 4.69) is 25.0 Å². The quantitative estimate of drug-likeness (QED) is 0.218. The van der Waals surface area contributed by atoms with Crippen LogP contribution in [0.15, 0.2) is 12.3 Å². The molecule has 0 spiro atoms. The average molecular weight is 228 g/mol. The molecule has 0 rings (SSSR count). The first-order valence-corrected chi connectivity index (χ1v) is 8.68. The number of rotatable bonds is 8. The molecule has 0 aliphatic carbocycles. The van der Waals surface area contributed by atoms with Gasteiger partial charge in [0.2, 0.25) is 0 Å². The van der Waals surface area contributed by atoms with Crippen molar-refractivity contribution in [3.63, 3.8) is 0 Å². The largest absolute Gasteiger partial charge is 0.369 e. The Kier molecular flexibility index (Phi) is 6.90. The van der Waals surface area contributed by atoms with Gasteiger partial charge in [0.15, 0.2) is 6.29 Å². The zero-order chi connectivity index (χ0) is 11.7. The van der Waals surface area contributed by atoms with Crippen LogP contribution in [0.5, 0.6) is 0 Å². The van der Waals surface area contributed by atoms with Crippen molar-refractivity contribution in [2.24, 2.45) is 0 Å². The van der Waals surface area contributed by atoms with Gasteiger partial charge in [-0.1, -0.05) is 19.6 Å². The van der Waals surface area contributed by atoms with Crippen molar-refractivity contribution < 1.29 is 9.53 Å². The molecule has 0 aliphatic heterocycles. The van der Waals surface area contributed by atoms with Gasteiger partial charge in [-0.15, -0.1) is 0 Å². The maximum atomic E-state index is 10.1. The Hall–Kier alpha value is -0.943. The van der Waals surface area contributed by atoms with Gasteiger partial charge in [0.1, 0.15) is 6.73 Å². The van der Waals surface area contributed by atoms with Crippen molar-refractivity contribution in [1.82, 2.24) is 5.32 Å². The molecule has 2 N–H and O–H groups in total. The lowest BCUT2D eigenvalue weighted by atomic mass is 10.4. The molecule has 0 saturated heterocycles. The third-order valence-corrected chi connectivity index (χ3v) is 3.39. The van der Waals surface area contributed by atoms with Crippen LogP contribution < -0.4 is 5.32 Å². The van der Waals surface area contributed by atoms with Gasteiger partial charge in [0.25, 0.3) is 0 Å². The van der Waals surface area contributed by atoms with Gasteiger partial charge in [-0.05, 0) is 12.1 Å². The fourth-order valence-corrected chi connectivity index (χ4v) is 1.50. The molecule has 0 aliphatic rings. The maximum Gasteiger partial charge on any atom is 0.167 e. The number of allylic oxidation sites excluding steroid dienone is 1. The lowest BCUT2D eigenvalue weighted by molar-refractivity contribution is -0.102. The topological polar surface area (TPSA) is 62.2 Å². The molecule has 86 valence electrons. The van der Waals surface area contributed by atoms with Crippen LogP contribution in [0.25, 0.3) is 0 Å². The monoisotopic (exact) mass is 228 g/mol. The first kappa shape index (κ1) is 14.1. The van der Waals surface area contributed by atoms with Crippen molar-refractivity contribution in [3.8, 4) is 0 Å². The van der Waals surface area contributed by atoms with Gasteiger partial charge in [0, 0.05) is 20.9 Å². The average Bonchev–Trinajstić information content (AvgIpc) is 2.14. The number of hydrogen-bond donors (Lipinski definition) is 2. The summed E-state index contributed by atoms with van der Waals surface area (Å²) in [4.78, 5) is 10.1. The van der Waals surface area contributed by atoms with E-state index in [0.717, 1.165) is 12.7 Å². The Morgan fingerprint density at radius 1 is 1.47 bits per heavy atom. The minimum atomic E-state index is -1.00. The molecule has 0 atom stereocenters. The van der Waals surface area contributed by atoms with Crippen LogP contribution in [0.4, 0.5) is 0 Å².